The molecule has 1 aromatic carbocycles. The number of likely N-dealkylation sites (N-methyl/N-ethyl adjacent to an activating group) is 1. The van der Waals surface area contributed by atoms with E-state index < -0.39 is 22.2 Å². The van der Waals surface area contributed by atoms with E-state index in [1.807, 2.05) is 20.8 Å². The van der Waals surface area contributed by atoms with Crippen LogP contribution in [0.15, 0.2) is 23.1 Å². The topological polar surface area (TPSA) is 87.2 Å². The van der Waals surface area contributed by atoms with Crippen LogP contribution in [-0.2, 0) is 14.8 Å². The number of hydrogen-bond donors (Lipinski definition) is 1. The van der Waals surface area contributed by atoms with Crippen molar-refractivity contribution < 1.29 is 23.1 Å². The summed E-state index contributed by atoms with van der Waals surface area (Å²) in [6.45, 7) is 7.85. The third-order valence-electron chi connectivity index (χ3n) is 6.46. The molecule has 1 amide bonds. The maximum absolute atomic E-state index is 13.5. The lowest BCUT2D eigenvalue weighted by Crippen LogP contribution is -2.50. The molecule has 1 aromatic rings. The van der Waals surface area contributed by atoms with Crippen LogP contribution in [0.1, 0.15) is 52.5 Å². The fraction of sp³-hybridized carbons (Fsp3) is 0.640. The van der Waals surface area contributed by atoms with Gasteiger partial charge in [-0.2, -0.15) is 4.31 Å². The van der Waals surface area contributed by atoms with E-state index in [9.17, 15) is 18.3 Å². The highest BCUT2D eigenvalue weighted by molar-refractivity contribution is 7.89. The first-order valence-electron chi connectivity index (χ1n) is 11.7. The lowest BCUT2D eigenvalue weighted by atomic mass is 9.84. The van der Waals surface area contributed by atoms with Crippen molar-refractivity contribution in [3.05, 3.63) is 23.8 Å². The minimum atomic E-state index is -3.89. The predicted molar refractivity (Wildman–Crippen MR) is 127 cm³/mol. The highest BCUT2D eigenvalue weighted by Gasteiger charge is 2.39. The molecule has 1 saturated carbocycles. The number of carbonyl (C=O) groups is 1. The molecule has 7 nitrogen and oxygen atoms in total. The van der Waals surface area contributed by atoms with Gasteiger partial charge in [0.15, 0.2) is 0 Å². The Bertz CT molecular complexity index is 1020. The number of ether oxygens (including phenoxy) is 1. The molecule has 0 spiro atoms. The number of fused-ring (bicyclic) bond motifs is 1. The van der Waals surface area contributed by atoms with Gasteiger partial charge in [-0.1, -0.05) is 39.0 Å². The average molecular weight is 477 g/mol. The summed E-state index contributed by atoms with van der Waals surface area (Å²) in [5.74, 6) is 6.57. The van der Waals surface area contributed by atoms with E-state index in [4.69, 9.17) is 4.74 Å². The summed E-state index contributed by atoms with van der Waals surface area (Å²) in [7, 11) is -2.11. The second-order valence-corrected chi connectivity index (χ2v) is 11.5. The summed E-state index contributed by atoms with van der Waals surface area (Å²) in [4.78, 5) is 14.5. The largest absolute Gasteiger partial charge is 0.487 e. The zero-order valence-electron chi connectivity index (χ0n) is 20.2. The molecule has 0 unspecified atom stereocenters. The molecule has 1 aliphatic carbocycles. The molecular weight excluding hydrogens is 440 g/mol. The Balaban J connectivity index is 2.01. The van der Waals surface area contributed by atoms with Crippen molar-refractivity contribution in [1.82, 2.24) is 9.21 Å². The normalized spacial score (nSPS) is 23.7. The summed E-state index contributed by atoms with van der Waals surface area (Å²) in [6, 6.07) is 4.30. The number of aliphatic hydroxyl groups is 1. The SMILES string of the molecule is CC(C)C#Cc1ccc2c(c1)O[C@@H](CN(C)C(=O)C1CCC1)[C@H](C)CN([C@@H](C)CO)S2(=O)=O. The number of sulfonamides is 1. The molecule has 0 saturated heterocycles. The second kappa shape index (κ2) is 10.5. The molecule has 0 radical (unpaired) electrons. The molecule has 2 aliphatic rings. The Morgan fingerprint density at radius 3 is 2.58 bits per heavy atom. The molecule has 33 heavy (non-hydrogen) atoms. The van der Waals surface area contributed by atoms with Gasteiger partial charge in [-0.05, 0) is 38.0 Å². The van der Waals surface area contributed by atoms with Gasteiger partial charge >= 0.3 is 0 Å². The lowest BCUT2D eigenvalue weighted by molar-refractivity contribution is -0.138. The number of amides is 1. The summed E-state index contributed by atoms with van der Waals surface area (Å²) in [5.41, 5.74) is 0.672. The van der Waals surface area contributed by atoms with Crippen LogP contribution in [0.4, 0.5) is 0 Å². The third kappa shape index (κ3) is 5.71. The van der Waals surface area contributed by atoms with Gasteiger partial charge in [0.05, 0.1) is 13.2 Å². The van der Waals surface area contributed by atoms with Crippen molar-refractivity contribution in [3.8, 4) is 17.6 Å². The van der Waals surface area contributed by atoms with Crippen LogP contribution < -0.4 is 4.74 Å². The number of carbonyl (C=O) groups excluding carboxylic acids is 1. The van der Waals surface area contributed by atoms with Gasteiger partial charge in [-0.15, -0.1) is 0 Å². The van der Waals surface area contributed by atoms with E-state index in [0.717, 1.165) is 19.3 Å². The monoisotopic (exact) mass is 476 g/mol. The summed E-state index contributed by atoms with van der Waals surface area (Å²) in [6.07, 6.45) is 2.52. The highest BCUT2D eigenvalue weighted by atomic mass is 32.2. The Hall–Kier alpha value is -2.08. The van der Waals surface area contributed by atoms with Crippen molar-refractivity contribution >= 4 is 15.9 Å². The van der Waals surface area contributed by atoms with Crippen LogP contribution in [0.5, 0.6) is 5.75 Å². The van der Waals surface area contributed by atoms with Gasteiger partial charge in [0.1, 0.15) is 16.7 Å². The molecule has 1 aliphatic heterocycles. The van der Waals surface area contributed by atoms with E-state index in [1.165, 1.54) is 10.4 Å². The fourth-order valence-electron chi connectivity index (χ4n) is 4.08. The molecule has 8 heteroatoms. The van der Waals surface area contributed by atoms with Crippen LogP contribution in [0.3, 0.4) is 0 Å². The van der Waals surface area contributed by atoms with Crippen LogP contribution in [0.2, 0.25) is 0 Å². The van der Waals surface area contributed by atoms with Gasteiger partial charge < -0.3 is 14.7 Å². The van der Waals surface area contributed by atoms with Crippen molar-refractivity contribution in [1.29, 1.82) is 0 Å². The average Bonchev–Trinajstić information content (AvgIpc) is 2.72. The second-order valence-electron chi connectivity index (χ2n) is 9.67. The smallest absolute Gasteiger partial charge is 0.247 e. The van der Waals surface area contributed by atoms with Crippen LogP contribution in [-0.4, -0.2) is 67.5 Å². The van der Waals surface area contributed by atoms with Crippen molar-refractivity contribution in [2.24, 2.45) is 17.8 Å². The summed E-state index contributed by atoms with van der Waals surface area (Å²) < 4.78 is 34.7. The van der Waals surface area contributed by atoms with Crippen LogP contribution >= 0.6 is 0 Å². The van der Waals surface area contributed by atoms with Crippen molar-refractivity contribution in [3.63, 3.8) is 0 Å². The minimum absolute atomic E-state index is 0.0581. The van der Waals surface area contributed by atoms with E-state index in [0.29, 0.717) is 12.1 Å². The quantitative estimate of drug-likeness (QED) is 0.661. The molecule has 182 valence electrons. The lowest BCUT2D eigenvalue weighted by Gasteiger charge is -2.38. The van der Waals surface area contributed by atoms with Gasteiger partial charge in [0.2, 0.25) is 15.9 Å². The zero-order valence-corrected chi connectivity index (χ0v) is 21.1. The number of hydrogen-bond acceptors (Lipinski definition) is 5. The molecule has 0 aromatic heterocycles. The molecular formula is C25H36N2O5S. The van der Waals surface area contributed by atoms with Gasteiger partial charge in [0, 0.05) is 43.0 Å². The number of benzene rings is 1. The van der Waals surface area contributed by atoms with E-state index in [-0.39, 0.29) is 47.5 Å². The molecule has 1 fully saturated rings. The maximum Gasteiger partial charge on any atom is 0.247 e. The number of aliphatic hydroxyl groups excluding tert-OH is 1. The number of rotatable bonds is 5. The zero-order chi connectivity index (χ0) is 24.3. The van der Waals surface area contributed by atoms with Crippen molar-refractivity contribution in [2.75, 3.05) is 26.7 Å². The number of nitrogens with zero attached hydrogens (tertiary/aromatic N) is 2. The molecule has 3 rings (SSSR count). The third-order valence-corrected chi connectivity index (χ3v) is 8.48. The first-order chi connectivity index (χ1) is 15.5. The standard InChI is InChI=1S/C25H36N2O5S/c1-17(2)9-10-20-11-12-24-22(13-20)32-23(15-26(5)25(29)21-7-6-8-21)18(3)14-27(19(4)16-28)33(24,30)31/h11-13,17-19,21,23,28H,6-8,14-16H2,1-5H3/t18-,19+,23+/m1/s1. The van der Waals surface area contributed by atoms with Gasteiger partial charge in [0.25, 0.3) is 0 Å². The Morgan fingerprint density at radius 1 is 1.30 bits per heavy atom. The molecule has 3 atom stereocenters. The van der Waals surface area contributed by atoms with Gasteiger partial charge in [-0.25, -0.2) is 8.42 Å². The van der Waals surface area contributed by atoms with Crippen LogP contribution in [0, 0.1) is 29.6 Å². The maximum atomic E-state index is 13.5. The van der Waals surface area contributed by atoms with E-state index in [2.05, 4.69) is 11.8 Å². The van der Waals surface area contributed by atoms with Crippen LogP contribution in [0.25, 0.3) is 0 Å². The minimum Gasteiger partial charge on any atom is -0.487 e. The Labute approximate surface area is 198 Å². The Morgan fingerprint density at radius 2 is 2.00 bits per heavy atom. The molecule has 1 heterocycles. The fourth-order valence-corrected chi connectivity index (χ4v) is 5.90. The van der Waals surface area contributed by atoms with Gasteiger partial charge in [-0.3, -0.25) is 4.79 Å². The summed E-state index contributed by atoms with van der Waals surface area (Å²) in [5, 5.41) is 9.75. The summed E-state index contributed by atoms with van der Waals surface area (Å²) >= 11 is 0. The first-order valence-corrected chi connectivity index (χ1v) is 13.2. The van der Waals surface area contributed by atoms with E-state index in [1.54, 1.807) is 31.0 Å². The highest BCUT2D eigenvalue weighted by Crippen LogP contribution is 2.34. The Kier molecular flexibility index (Phi) is 8.09. The first kappa shape index (κ1) is 25.5. The predicted octanol–water partition coefficient (Wildman–Crippen LogP) is 2.72. The van der Waals surface area contributed by atoms with E-state index >= 15 is 0 Å². The van der Waals surface area contributed by atoms with Crippen molar-refractivity contribution in [2.45, 2.75) is 64.0 Å². The molecule has 1 N–H and O–H groups in total. The molecule has 0 bridgehead atoms.